The van der Waals surface area contributed by atoms with Gasteiger partial charge in [-0.05, 0) is 41.9 Å². The van der Waals surface area contributed by atoms with Gasteiger partial charge in [0.1, 0.15) is 0 Å². The van der Waals surface area contributed by atoms with Crippen LogP contribution in [0.2, 0.25) is 0 Å². The first-order chi connectivity index (χ1) is 12.0. The van der Waals surface area contributed by atoms with Gasteiger partial charge in [-0.25, -0.2) is 0 Å². The zero-order chi connectivity index (χ0) is 19.5. The van der Waals surface area contributed by atoms with Crippen LogP contribution in [0.1, 0.15) is 74.7 Å². The number of amides is 2. The van der Waals surface area contributed by atoms with Crippen LogP contribution in [-0.4, -0.2) is 23.8 Å². The summed E-state index contributed by atoms with van der Waals surface area (Å²) in [5, 5.41) is 0. The van der Waals surface area contributed by atoms with E-state index in [4.69, 9.17) is 0 Å². The zero-order valence-corrected chi connectivity index (χ0v) is 18.0. The second kappa shape index (κ2) is 9.19. The minimum atomic E-state index is 0.0384. The fourth-order valence-electron chi connectivity index (χ4n) is 6.25. The van der Waals surface area contributed by atoms with E-state index in [0.29, 0.717) is 23.7 Å². The SMILES string of the molecule is CC.CC.CC.CC1CCC(C)C2C3CC(C4C(=O)N(C)C(=O)C34)C12. The minimum absolute atomic E-state index is 0.0384. The molecule has 0 aromatic carbocycles. The molecule has 0 spiro atoms. The summed E-state index contributed by atoms with van der Waals surface area (Å²) < 4.78 is 0. The number of imide groups is 1. The summed E-state index contributed by atoms with van der Waals surface area (Å²) in [6, 6.07) is 0. The Kier molecular flexibility index (Phi) is 8.15. The van der Waals surface area contributed by atoms with Crippen LogP contribution in [0.15, 0.2) is 0 Å². The third kappa shape index (κ3) is 3.28. The summed E-state index contributed by atoms with van der Waals surface area (Å²) in [7, 11) is 1.68. The van der Waals surface area contributed by atoms with Gasteiger partial charge in [0.15, 0.2) is 0 Å². The average Bonchev–Trinajstić information content (AvgIpc) is 3.30. The van der Waals surface area contributed by atoms with Gasteiger partial charge >= 0.3 is 0 Å². The fourth-order valence-corrected chi connectivity index (χ4v) is 6.25. The van der Waals surface area contributed by atoms with Gasteiger partial charge in [-0.1, -0.05) is 68.2 Å². The van der Waals surface area contributed by atoms with Crippen LogP contribution < -0.4 is 0 Å². The van der Waals surface area contributed by atoms with E-state index in [1.165, 1.54) is 17.7 Å². The Morgan fingerprint density at radius 2 is 1.04 bits per heavy atom. The third-order valence-electron chi connectivity index (χ3n) is 6.91. The minimum Gasteiger partial charge on any atom is -0.285 e. The van der Waals surface area contributed by atoms with Gasteiger partial charge in [-0.2, -0.15) is 0 Å². The second-order valence-corrected chi connectivity index (χ2v) is 7.54. The highest BCUT2D eigenvalue weighted by atomic mass is 16.2. The Hall–Kier alpha value is -0.860. The molecule has 4 fully saturated rings. The summed E-state index contributed by atoms with van der Waals surface area (Å²) in [4.78, 5) is 26.1. The van der Waals surface area contributed by atoms with Crippen LogP contribution in [-0.2, 0) is 9.59 Å². The highest BCUT2D eigenvalue weighted by Gasteiger charge is 2.68. The van der Waals surface area contributed by atoms with Gasteiger partial charge in [-0.15, -0.1) is 0 Å². The van der Waals surface area contributed by atoms with E-state index < -0.39 is 0 Å². The molecule has 1 aliphatic heterocycles. The highest BCUT2D eigenvalue weighted by Crippen LogP contribution is 2.66. The number of hydrogen-bond acceptors (Lipinski definition) is 2. The van der Waals surface area contributed by atoms with E-state index in [1.807, 2.05) is 41.5 Å². The Morgan fingerprint density at radius 3 is 1.36 bits per heavy atom. The number of carbonyl (C=O) groups excluding carboxylic acids is 2. The molecule has 3 nitrogen and oxygen atoms in total. The molecule has 0 radical (unpaired) electrons. The van der Waals surface area contributed by atoms with E-state index >= 15 is 0 Å². The normalized spacial score (nSPS) is 43.0. The van der Waals surface area contributed by atoms with Crippen molar-refractivity contribution < 1.29 is 9.59 Å². The molecule has 8 unspecified atom stereocenters. The van der Waals surface area contributed by atoms with Gasteiger partial charge in [0.25, 0.3) is 0 Å². The van der Waals surface area contributed by atoms with Crippen LogP contribution in [0.5, 0.6) is 0 Å². The summed E-state index contributed by atoms with van der Waals surface area (Å²) in [5.74, 6) is 4.21. The van der Waals surface area contributed by atoms with E-state index in [1.54, 1.807) is 7.05 Å². The van der Waals surface area contributed by atoms with E-state index in [-0.39, 0.29) is 23.7 Å². The van der Waals surface area contributed by atoms with Crippen molar-refractivity contribution in [3.05, 3.63) is 0 Å². The molecule has 2 bridgehead atoms. The first-order valence-corrected chi connectivity index (χ1v) is 10.8. The van der Waals surface area contributed by atoms with E-state index in [2.05, 4.69) is 13.8 Å². The third-order valence-corrected chi connectivity index (χ3v) is 6.91. The number of hydrogen-bond donors (Lipinski definition) is 0. The predicted molar refractivity (Wildman–Crippen MR) is 105 cm³/mol. The first-order valence-electron chi connectivity index (χ1n) is 10.8. The maximum absolute atomic E-state index is 12.4. The quantitative estimate of drug-likeness (QED) is 0.559. The number of likely N-dealkylation sites (tertiary alicyclic amines) is 1. The standard InChI is InChI=1S/C16H23NO2.3C2H6/c1-7-4-5-8(2)12-10-6-9(11(7)12)13-14(10)16(19)17(3)15(13)18;3*1-2/h7-14H,4-6H2,1-3H3;3*1-2H3. The molecule has 1 saturated heterocycles. The summed E-state index contributed by atoms with van der Waals surface area (Å²) in [6.45, 7) is 16.7. The molecular formula is C22H41NO2. The lowest BCUT2D eigenvalue weighted by molar-refractivity contribution is -0.139. The van der Waals surface area contributed by atoms with Gasteiger partial charge < -0.3 is 0 Å². The fraction of sp³-hybridized carbons (Fsp3) is 0.909. The monoisotopic (exact) mass is 351 g/mol. The van der Waals surface area contributed by atoms with Crippen molar-refractivity contribution in [3.63, 3.8) is 0 Å². The van der Waals surface area contributed by atoms with Gasteiger partial charge in [0.05, 0.1) is 11.8 Å². The molecule has 4 rings (SSSR count). The molecule has 0 aromatic rings. The van der Waals surface area contributed by atoms with Crippen molar-refractivity contribution in [2.75, 3.05) is 7.05 Å². The van der Waals surface area contributed by atoms with Crippen molar-refractivity contribution in [1.82, 2.24) is 4.90 Å². The smallest absolute Gasteiger partial charge is 0.233 e. The van der Waals surface area contributed by atoms with Crippen molar-refractivity contribution in [2.45, 2.75) is 74.7 Å². The molecular weight excluding hydrogens is 310 g/mol. The maximum atomic E-state index is 12.4. The molecule has 0 aromatic heterocycles. The molecule has 25 heavy (non-hydrogen) atoms. The Labute approximate surface area is 155 Å². The molecule has 3 saturated carbocycles. The number of rotatable bonds is 0. The summed E-state index contributed by atoms with van der Waals surface area (Å²) >= 11 is 0. The average molecular weight is 352 g/mol. The number of fused-ring (bicyclic) bond motifs is 8. The zero-order valence-electron chi connectivity index (χ0n) is 18.0. The highest BCUT2D eigenvalue weighted by molar-refractivity contribution is 6.05. The van der Waals surface area contributed by atoms with Gasteiger partial charge in [0, 0.05) is 7.05 Å². The van der Waals surface area contributed by atoms with Crippen LogP contribution in [0, 0.1) is 47.3 Å². The van der Waals surface area contributed by atoms with Gasteiger partial charge in [-0.3, -0.25) is 14.5 Å². The van der Waals surface area contributed by atoms with Crippen LogP contribution in [0.4, 0.5) is 0 Å². The topological polar surface area (TPSA) is 37.4 Å². The molecule has 0 N–H and O–H groups in total. The van der Waals surface area contributed by atoms with Crippen molar-refractivity contribution in [3.8, 4) is 0 Å². The molecule has 3 heteroatoms. The molecule has 2 amide bonds. The largest absolute Gasteiger partial charge is 0.285 e. The Bertz CT molecular complexity index is 421. The molecule has 3 aliphatic carbocycles. The predicted octanol–water partition coefficient (Wildman–Crippen LogP) is 5.24. The van der Waals surface area contributed by atoms with Crippen molar-refractivity contribution in [2.24, 2.45) is 47.3 Å². The lowest BCUT2D eigenvalue weighted by atomic mass is 9.57. The maximum Gasteiger partial charge on any atom is 0.233 e. The summed E-state index contributed by atoms with van der Waals surface area (Å²) in [6.07, 6.45) is 3.76. The van der Waals surface area contributed by atoms with Crippen molar-refractivity contribution in [1.29, 1.82) is 0 Å². The van der Waals surface area contributed by atoms with E-state index in [9.17, 15) is 9.59 Å². The molecule has 146 valence electrons. The first kappa shape index (κ1) is 22.2. The Morgan fingerprint density at radius 1 is 0.720 bits per heavy atom. The van der Waals surface area contributed by atoms with Crippen molar-refractivity contribution >= 4 is 11.8 Å². The lowest BCUT2D eigenvalue weighted by Crippen LogP contribution is -2.44. The summed E-state index contributed by atoms with van der Waals surface area (Å²) in [5.41, 5.74) is 0. The van der Waals surface area contributed by atoms with Crippen LogP contribution in [0.25, 0.3) is 0 Å². The van der Waals surface area contributed by atoms with Crippen LogP contribution in [0.3, 0.4) is 0 Å². The molecule has 8 atom stereocenters. The van der Waals surface area contributed by atoms with E-state index in [0.717, 1.165) is 18.3 Å². The molecule has 4 aliphatic rings. The number of carbonyl (C=O) groups is 2. The van der Waals surface area contributed by atoms with Crippen LogP contribution >= 0.6 is 0 Å². The number of nitrogens with zero attached hydrogens (tertiary/aromatic N) is 1. The van der Waals surface area contributed by atoms with Gasteiger partial charge in [0.2, 0.25) is 11.8 Å². The molecule has 1 heterocycles. The lowest BCUT2D eigenvalue weighted by Gasteiger charge is -2.46. The Balaban J connectivity index is 0.000000475. The second-order valence-electron chi connectivity index (χ2n) is 7.54.